The maximum absolute atomic E-state index is 12.4. The van der Waals surface area contributed by atoms with Crippen molar-refractivity contribution >= 4 is 34.4 Å². The van der Waals surface area contributed by atoms with E-state index in [1.165, 1.54) is 11.8 Å². The maximum Gasteiger partial charge on any atom is 0.242 e. The number of fused-ring (bicyclic) bond motifs is 1. The second kappa shape index (κ2) is 8.38. The van der Waals surface area contributed by atoms with Gasteiger partial charge in [0.05, 0.1) is 12.3 Å². The summed E-state index contributed by atoms with van der Waals surface area (Å²) in [6.45, 7) is 4.19. The summed E-state index contributed by atoms with van der Waals surface area (Å²) in [6, 6.07) is 7.39. The molecule has 0 aliphatic carbocycles. The zero-order chi connectivity index (χ0) is 17.6. The molecule has 6 nitrogen and oxygen atoms in total. The molecule has 2 heterocycles. The largest absolute Gasteiger partial charge is 0.491 e. The topological polar surface area (TPSA) is 71.0 Å². The third kappa shape index (κ3) is 4.34. The molecule has 1 unspecified atom stereocenters. The highest BCUT2D eigenvalue weighted by molar-refractivity contribution is 8.15. The first kappa shape index (κ1) is 17.8. The Morgan fingerprint density at radius 3 is 3.08 bits per heavy atom. The van der Waals surface area contributed by atoms with E-state index in [2.05, 4.69) is 17.2 Å². The standard InChI is InChI=1S/C18H23N3O3S/c1-2-3-11-24-14-8-5-4-7-13(14)20-16(22)12-15-17(23)21-10-6-9-19-18(21)25-15/h4-5,7-8,15H,2-3,6,9-12H2,1H3,(H,20,22). The van der Waals surface area contributed by atoms with Gasteiger partial charge in [-0.3, -0.25) is 19.5 Å². The lowest BCUT2D eigenvalue weighted by Crippen LogP contribution is -2.36. The minimum atomic E-state index is -0.384. The predicted molar refractivity (Wildman–Crippen MR) is 100 cm³/mol. The SMILES string of the molecule is CCCCOc1ccccc1NC(=O)CC1SC2=NCCCN2C1=O. The van der Waals surface area contributed by atoms with Crippen molar-refractivity contribution in [3.63, 3.8) is 0 Å². The predicted octanol–water partition coefficient (Wildman–Crippen LogP) is 2.90. The van der Waals surface area contributed by atoms with Gasteiger partial charge in [-0.15, -0.1) is 0 Å². The molecule has 2 amide bonds. The lowest BCUT2D eigenvalue weighted by Gasteiger charge is -2.19. The summed E-state index contributed by atoms with van der Waals surface area (Å²) in [6.07, 6.45) is 3.04. The maximum atomic E-state index is 12.4. The quantitative estimate of drug-likeness (QED) is 0.758. The fraction of sp³-hybridized carbons (Fsp3) is 0.500. The Labute approximate surface area is 152 Å². The average Bonchev–Trinajstić information content (AvgIpc) is 2.93. The second-order valence-corrected chi connectivity index (χ2v) is 7.23. The van der Waals surface area contributed by atoms with E-state index in [0.29, 0.717) is 24.6 Å². The Kier molecular flexibility index (Phi) is 5.96. The molecule has 0 aromatic heterocycles. The molecule has 25 heavy (non-hydrogen) atoms. The molecule has 0 bridgehead atoms. The molecular formula is C18H23N3O3S. The van der Waals surface area contributed by atoms with E-state index >= 15 is 0 Å². The Balaban J connectivity index is 1.59. The number of rotatable bonds is 7. The average molecular weight is 361 g/mol. The summed E-state index contributed by atoms with van der Waals surface area (Å²) >= 11 is 1.40. The molecule has 1 aromatic rings. The molecule has 0 radical (unpaired) electrons. The molecular weight excluding hydrogens is 338 g/mol. The summed E-state index contributed by atoms with van der Waals surface area (Å²) in [7, 11) is 0. The van der Waals surface area contributed by atoms with Crippen LogP contribution in [0.5, 0.6) is 5.75 Å². The number of aliphatic imine (C=N–C) groups is 1. The summed E-state index contributed by atoms with van der Waals surface area (Å²) in [5.41, 5.74) is 0.647. The van der Waals surface area contributed by atoms with Crippen LogP contribution in [0.25, 0.3) is 0 Å². The fourth-order valence-electron chi connectivity index (χ4n) is 2.76. The van der Waals surface area contributed by atoms with Crippen molar-refractivity contribution in [2.45, 2.75) is 37.9 Å². The first-order valence-corrected chi connectivity index (χ1v) is 9.61. The van der Waals surface area contributed by atoms with Gasteiger partial charge in [-0.05, 0) is 25.0 Å². The van der Waals surface area contributed by atoms with Gasteiger partial charge >= 0.3 is 0 Å². The van der Waals surface area contributed by atoms with Gasteiger partial charge in [0.25, 0.3) is 0 Å². The van der Waals surface area contributed by atoms with Crippen LogP contribution in [0.1, 0.15) is 32.6 Å². The molecule has 7 heteroatoms. The number of hydrogen-bond acceptors (Lipinski definition) is 5. The fourth-order valence-corrected chi connectivity index (χ4v) is 3.95. The number of amides is 2. The Morgan fingerprint density at radius 1 is 1.44 bits per heavy atom. The van der Waals surface area contributed by atoms with Crippen molar-refractivity contribution in [3.05, 3.63) is 24.3 Å². The highest BCUT2D eigenvalue weighted by Crippen LogP contribution is 2.32. The van der Waals surface area contributed by atoms with Gasteiger partial charge in [-0.1, -0.05) is 37.2 Å². The molecule has 2 aliphatic heterocycles. The number of ether oxygens (including phenoxy) is 1. The van der Waals surface area contributed by atoms with E-state index in [1.807, 2.05) is 24.3 Å². The second-order valence-electron chi connectivity index (χ2n) is 6.06. The molecule has 1 aromatic carbocycles. The van der Waals surface area contributed by atoms with Crippen LogP contribution >= 0.6 is 11.8 Å². The number of para-hydroxylation sites is 2. The van der Waals surface area contributed by atoms with Crippen LogP contribution in [0, 0.1) is 0 Å². The van der Waals surface area contributed by atoms with Crippen molar-refractivity contribution in [2.75, 3.05) is 25.0 Å². The molecule has 1 atom stereocenters. The molecule has 0 saturated carbocycles. The summed E-state index contributed by atoms with van der Waals surface area (Å²) in [5.74, 6) is 0.473. The van der Waals surface area contributed by atoms with Gasteiger partial charge < -0.3 is 10.1 Å². The highest BCUT2D eigenvalue weighted by Gasteiger charge is 2.39. The van der Waals surface area contributed by atoms with Crippen molar-refractivity contribution in [1.29, 1.82) is 0 Å². The van der Waals surface area contributed by atoms with E-state index in [9.17, 15) is 9.59 Å². The highest BCUT2D eigenvalue weighted by atomic mass is 32.2. The Bertz CT molecular complexity index is 677. The monoisotopic (exact) mass is 361 g/mol. The number of carbonyl (C=O) groups excluding carboxylic acids is 2. The molecule has 1 saturated heterocycles. The van der Waals surface area contributed by atoms with E-state index in [1.54, 1.807) is 4.90 Å². The van der Waals surface area contributed by atoms with Gasteiger partial charge in [0.2, 0.25) is 11.8 Å². The number of nitrogens with one attached hydrogen (secondary N) is 1. The van der Waals surface area contributed by atoms with Crippen LogP contribution in [0.15, 0.2) is 29.3 Å². The van der Waals surface area contributed by atoms with Crippen LogP contribution in [-0.2, 0) is 9.59 Å². The molecule has 1 fully saturated rings. The number of carbonyl (C=O) groups is 2. The van der Waals surface area contributed by atoms with Gasteiger partial charge in [-0.2, -0.15) is 0 Å². The number of nitrogens with zero attached hydrogens (tertiary/aromatic N) is 2. The lowest BCUT2D eigenvalue weighted by molar-refractivity contribution is -0.128. The number of amidine groups is 1. The zero-order valence-electron chi connectivity index (χ0n) is 14.4. The van der Waals surface area contributed by atoms with Gasteiger partial charge in [0.1, 0.15) is 11.0 Å². The van der Waals surface area contributed by atoms with Crippen LogP contribution in [-0.4, -0.2) is 46.8 Å². The molecule has 0 spiro atoms. The third-order valence-corrected chi connectivity index (χ3v) is 5.31. The van der Waals surface area contributed by atoms with Gasteiger partial charge in [0, 0.05) is 19.5 Å². The van der Waals surface area contributed by atoms with Crippen molar-refractivity contribution in [3.8, 4) is 5.75 Å². The van der Waals surface area contributed by atoms with Crippen molar-refractivity contribution < 1.29 is 14.3 Å². The van der Waals surface area contributed by atoms with E-state index < -0.39 is 0 Å². The Hall–Kier alpha value is -2.02. The molecule has 134 valence electrons. The Morgan fingerprint density at radius 2 is 2.28 bits per heavy atom. The summed E-state index contributed by atoms with van der Waals surface area (Å²) in [4.78, 5) is 30.9. The van der Waals surface area contributed by atoms with Gasteiger partial charge in [0.15, 0.2) is 5.17 Å². The minimum absolute atomic E-state index is 0.00826. The summed E-state index contributed by atoms with van der Waals surface area (Å²) in [5, 5.41) is 3.26. The molecule has 3 rings (SSSR count). The van der Waals surface area contributed by atoms with Crippen LogP contribution in [0.2, 0.25) is 0 Å². The normalized spacial score (nSPS) is 19.4. The third-order valence-electron chi connectivity index (χ3n) is 4.09. The van der Waals surface area contributed by atoms with Crippen molar-refractivity contribution in [1.82, 2.24) is 4.90 Å². The number of anilines is 1. The number of thioether (sulfide) groups is 1. The number of hydrogen-bond donors (Lipinski definition) is 1. The minimum Gasteiger partial charge on any atom is -0.491 e. The van der Waals surface area contributed by atoms with Crippen LogP contribution in [0.4, 0.5) is 5.69 Å². The van der Waals surface area contributed by atoms with Gasteiger partial charge in [-0.25, -0.2) is 0 Å². The van der Waals surface area contributed by atoms with Crippen LogP contribution in [0.3, 0.4) is 0 Å². The van der Waals surface area contributed by atoms with Crippen LogP contribution < -0.4 is 10.1 Å². The molecule has 1 N–H and O–H groups in total. The zero-order valence-corrected chi connectivity index (χ0v) is 15.2. The van der Waals surface area contributed by atoms with E-state index in [4.69, 9.17) is 4.74 Å². The van der Waals surface area contributed by atoms with Crippen molar-refractivity contribution in [2.24, 2.45) is 4.99 Å². The lowest BCUT2D eigenvalue weighted by atomic mass is 10.2. The number of benzene rings is 1. The summed E-state index contributed by atoms with van der Waals surface area (Å²) < 4.78 is 5.73. The number of unbranched alkanes of at least 4 members (excludes halogenated alkanes) is 1. The van der Waals surface area contributed by atoms with E-state index in [-0.39, 0.29) is 23.5 Å². The first-order valence-electron chi connectivity index (χ1n) is 8.73. The smallest absolute Gasteiger partial charge is 0.242 e. The first-order chi connectivity index (χ1) is 12.2. The molecule has 2 aliphatic rings. The van der Waals surface area contributed by atoms with E-state index in [0.717, 1.165) is 31.0 Å².